The molecule has 1 unspecified atom stereocenters. The second kappa shape index (κ2) is 7.07. The monoisotopic (exact) mass is 339 g/mol. The molecule has 1 amide bonds. The summed E-state index contributed by atoms with van der Waals surface area (Å²) < 4.78 is 25.9. The van der Waals surface area contributed by atoms with Gasteiger partial charge >= 0.3 is 0 Å². The van der Waals surface area contributed by atoms with Crippen molar-refractivity contribution in [2.75, 3.05) is 13.6 Å². The van der Waals surface area contributed by atoms with E-state index in [1.54, 1.807) is 0 Å². The fourth-order valence-corrected chi connectivity index (χ4v) is 3.30. The van der Waals surface area contributed by atoms with E-state index in [1.165, 1.54) is 36.2 Å². The molecule has 0 bridgehead atoms. The molecule has 1 aromatic rings. The maximum Gasteiger partial charge on any atom is 0.261 e. The van der Waals surface area contributed by atoms with Crippen molar-refractivity contribution in [1.29, 1.82) is 5.41 Å². The van der Waals surface area contributed by atoms with Crippen LogP contribution in [0.15, 0.2) is 29.2 Å². The molecule has 5 N–H and O–H groups in total. The SMILES string of the molecule is CNS(=O)(=O)c1cccc(C(=O)N(C(=N)N)C2CCCCN2)c1. The number of nitrogens with one attached hydrogen (secondary N) is 3. The molecule has 8 nitrogen and oxygen atoms in total. The average Bonchev–Trinajstić information content (AvgIpc) is 2.55. The zero-order valence-electron chi connectivity index (χ0n) is 12.9. The van der Waals surface area contributed by atoms with E-state index in [2.05, 4.69) is 10.0 Å². The van der Waals surface area contributed by atoms with Crippen LogP contribution in [0.4, 0.5) is 0 Å². The molecule has 2 rings (SSSR count). The standard InChI is InChI=1S/C14H21N5O3S/c1-17-23(21,22)11-6-4-5-10(9-11)13(20)19(14(15)16)12-7-2-3-8-18-12/h4-6,9,12,17-18H,2-3,7-8H2,1H3,(H3,15,16). The number of carbonyl (C=O) groups is 1. The summed E-state index contributed by atoms with van der Waals surface area (Å²) in [6, 6.07) is 5.69. The molecule has 1 saturated heterocycles. The Bertz CT molecular complexity index is 698. The second-order valence-corrected chi connectivity index (χ2v) is 7.15. The third-order valence-corrected chi connectivity index (χ3v) is 5.15. The highest BCUT2D eigenvalue weighted by molar-refractivity contribution is 7.89. The van der Waals surface area contributed by atoms with Gasteiger partial charge in [0.25, 0.3) is 5.91 Å². The minimum atomic E-state index is -3.65. The molecule has 23 heavy (non-hydrogen) atoms. The number of hydrogen-bond donors (Lipinski definition) is 4. The first-order chi connectivity index (χ1) is 10.9. The number of hydrogen-bond acceptors (Lipinski definition) is 5. The summed E-state index contributed by atoms with van der Waals surface area (Å²) in [5, 5.41) is 10.9. The summed E-state index contributed by atoms with van der Waals surface area (Å²) in [5.41, 5.74) is 5.74. The molecule has 0 saturated carbocycles. The highest BCUT2D eigenvalue weighted by Crippen LogP contribution is 2.17. The molecule has 1 aliphatic heterocycles. The predicted octanol–water partition coefficient (Wildman–Crippen LogP) is 0.0300. The first kappa shape index (κ1) is 17.4. The van der Waals surface area contributed by atoms with E-state index in [4.69, 9.17) is 11.1 Å². The van der Waals surface area contributed by atoms with Gasteiger partial charge in [0.15, 0.2) is 5.96 Å². The number of nitrogens with zero attached hydrogens (tertiary/aromatic N) is 1. The number of sulfonamides is 1. The molecule has 0 aromatic heterocycles. The third kappa shape index (κ3) is 3.87. The topological polar surface area (TPSA) is 128 Å². The quantitative estimate of drug-likeness (QED) is 0.454. The summed E-state index contributed by atoms with van der Waals surface area (Å²) in [5.74, 6) is -0.860. The Hall–Kier alpha value is -1.97. The van der Waals surface area contributed by atoms with Crippen LogP contribution in [0.2, 0.25) is 0 Å². The Labute approximate surface area is 135 Å². The van der Waals surface area contributed by atoms with E-state index in [0.29, 0.717) is 6.42 Å². The molecular formula is C14H21N5O3S. The van der Waals surface area contributed by atoms with Gasteiger partial charge in [0.05, 0.1) is 11.1 Å². The average molecular weight is 339 g/mol. The lowest BCUT2D eigenvalue weighted by molar-refractivity contribution is 0.0753. The maximum absolute atomic E-state index is 12.7. The van der Waals surface area contributed by atoms with Crippen molar-refractivity contribution >= 4 is 21.9 Å². The van der Waals surface area contributed by atoms with Gasteiger partial charge in [0.1, 0.15) is 0 Å². The highest BCUT2D eigenvalue weighted by Gasteiger charge is 2.28. The highest BCUT2D eigenvalue weighted by atomic mass is 32.2. The predicted molar refractivity (Wildman–Crippen MR) is 86.4 cm³/mol. The number of benzene rings is 1. The Kier molecular flexibility index (Phi) is 5.34. The van der Waals surface area contributed by atoms with Gasteiger partial charge in [0.2, 0.25) is 10.0 Å². The lowest BCUT2D eigenvalue weighted by atomic mass is 10.1. The molecule has 9 heteroatoms. The largest absolute Gasteiger partial charge is 0.370 e. The van der Waals surface area contributed by atoms with Crippen molar-refractivity contribution in [1.82, 2.24) is 14.9 Å². The number of rotatable bonds is 4. The molecule has 1 fully saturated rings. The molecule has 1 aliphatic rings. The summed E-state index contributed by atoms with van der Waals surface area (Å²) in [6.07, 6.45) is 2.29. The van der Waals surface area contributed by atoms with E-state index >= 15 is 0 Å². The van der Waals surface area contributed by atoms with Gasteiger partial charge in [0, 0.05) is 5.56 Å². The molecule has 0 spiro atoms. The van der Waals surface area contributed by atoms with E-state index in [9.17, 15) is 13.2 Å². The fourth-order valence-electron chi connectivity index (χ4n) is 2.53. The molecule has 0 aliphatic carbocycles. The van der Waals surface area contributed by atoms with Crippen molar-refractivity contribution in [2.45, 2.75) is 30.3 Å². The van der Waals surface area contributed by atoms with Crippen molar-refractivity contribution in [2.24, 2.45) is 5.73 Å². The van der Waals surface area contributed by atoms with Crippen molar-refractivity contribution in [3.8, 4) is 0 Å². The Morgan fingerprint density at radius 3 is 2.74 bits per heavy atom. The van der Waals surface area contributed by atoms with Gasteiger partial charge in [-0.25, -0.2) is 13.1 Å². The lowest BCUT2D eigenvalue weighted by Crippen LogP contribution is -2.55. The van der Waals surface area contributed by atoms with Crippen molar-refractivity contribution in [3.05, 3.63) is 29.8 Å². The van der Waals surface area contributed by atoms with Gasteiger partial charge < -0.3 is 5.73 Å². The van der Waals surface area contributed by atoms with Crippen LogP contribution >= 0.6 is 0 Å². The van der Waals surface area contributed by atoms with Crippen LogP contribution in [0.25, 0.3) is 0 Å². The van der Waals surface area contributed by atoms with E-state index in [-0.39, 0.29) is 22.6 Å². The van der Waals surface area contributed by atoms with E-state index in [1.807, 2.05) is 0 Å². The minimum absolute atomic E-state index is 0.00837. The lowest BCUT2D eigenvalue weighted by Gasteiger charge is -2.33. The van der Waals surface area contributed by atoms with Gasteiger partial charge in [-0.2, -0.15) is 0 Å². The number of amides is 1. The summed E-state index contributed by atoms with van der Waals surface area (Å²) in [7, 11) is -2.34. The van der Waals surface area contributed by atoms with Crippen molar-refractivity contribution in [3.63, 3.8) is 0 Å². The fraction of sp³-hybridized carbons (Fsp3) is 0.429. The number of guanidine groups is 1. The molecule has 1 aromatic carbocycles. The van der Waals surface area contributed by atoms with Crippen LogP contribution in [0, 0.1) is 5.41 Å². The maximum atomic E-state index is 12.7. The number of nitrogens with two attached hydrogens (primary N) is 1. The zero-order valence-corrected chi connectivity index (χ0v) is 13.7. The molecule has 126 valence electrons. The summed E-state index contributed by atoms with van der Waals surface area (Å²) in [6.45, 7) is 0.746. The first-order valence-corrected chi connectivity index (χ1v) is 8.79. The van der Waals surface area contributed by atoms with Gasteiger partial charge in [-0.15, -0.1) is 0 Å². The Morgan fingerprint density at radius 1 is 1.43 bits per heavy atom. The zero-order chi connectivity index (χ0) is 17.0. The molecule has 1 heterocycles. The van der Waals surface area contributed by atoms with Crippen LogP contribution in [0.5, 0.6) is 0 Å². The molecule has 0 radical (unpaired) electrons. The first-order valence-electron chi connectivity index (χ1n) is 7.31. The number of piperidine rings is 1. The smallest absolute Gasteiger partial charge is 0.261 e. The van der Waals surface area contributed by atoms with Crippen LogP contribution in [0.1, 0.15) is 29.6 Å². The minimum Gasteiger partial charge on any atom is -0.370 e. The molecular weight excluding hydrogens is 318 g/mol. The normalized spacial score (nSPS) is 18.4. The van der Waals surface area contributed by atoms with Crippen LogP contribution in [0.3, 0.4) is 0 Å². The van der Waals surface area contributed by atoms with Gasteiger partial charge in [-0.05, 0) is 51.1 Å². The van der Waals surface area contributed by atoms with Crippen LogP contribution < -0.4 is 15.8 Å². The van der Waals surface area contributed by atoms with Crippen LogP contribution in [-0.4, -0.2) is 44.9 Å². The third-order valence-electron chi connectivity index (χ3n) is 3.73. The van der Waals surface area contributed by atoms with Gasteiger partial charge in [-0.1, -0.05) is 6.07 Å². The van der Waals surface area contributed by atoms with Crippen molar-refractivity contribution < 1.29 is 13.2 Å². The van der Waals surface area contributed by atoms with E-state index < -0.39 is 15.9 Å². The Morgan fingerprint density at radius 2 is 2.17 bits per heavy atom. The van der Waals surface area contributed by atoms with E-state index in [0.717, 1.165) is 19.4 Å². The number of carbonyl (C=O) groups excluding carboxylic acids is 1. The summed E-state index contributed by atoms with van der Waals surface area (Å²) in [4.78, 5) is 13.9. The molecule has 1 atom stereocenters. The Balaban J connectivity index is 2.33. The van der Waals surface area contributed by atoms with Gasteiger partial charge in [-0.3, -0.25) is 20.4 Å². The summed E-state index contributed by atoms with van der Waals surface area (Å²) >= 11 is 0. The van der Waals surface area contributed by atoms with Crippen LogP contribution in [-0.2, 0) is 10.0 Å². The second-order valence-electron chi connectivity index (χ2n) is 5.26.